The summed E-state index contributed by atoms with van der Waals surface area (Å²) >= 11 is 0. The van der Waals surface area contributed by atoms with Gasteiger partial charge in [0.2, 0.25) is 0 Å². The molecule has 38 heavy (non-hydrogen) atoms. The van der Waals surface area contributed by atoms with Gasteiger partial charge >= 0.3 is 5.97 Å². The predicted molar refractivity (Wildman–Crippen MR) is 152 cm³/mol. The lowest BCUT2D eigenvalue weighted by molar-refractivity contribution is -0.151. The number of benzene rings is 4. The van der Waals surface area contributed by atoms with Crippen LogP contribution >= 0.6 is 0 Å². The van der Waals surface area contributed by atoms with E-state index >= 15 is 0 Å². The molecule has 0 aromatic heterocycles. The summed E-state index contributed by atoms with van der Waals surface area (Å²) < 4.78 is 22.5. The molecule has 0 aliphatic heterocycles. The molecule has 0 heterocycles. The van der Waals surface area contributed by atoms with Crippen LogP contribution in [0.5, 0.6) is 0 Å². The van der Waals surface area contributed by atoms with Gasteiger partial charge in [-0.1, -0.05) is 109 Å². The molecule has 5 nitrogen and oxygen atoms in total. The number of rotatable bonds is 12. The van der Waals surface area contributed by atoms with Crippen molar-refractivity contribution in [3.05, 3.63) is 138 Å². The summed E-state index contributed by atoms with van der Waals surface area (Å²) in [5, 5.41) is 0. The SMILES string of the molecule is CCOC(=O)[C@@H]([C@@H](NS(=O)c1ccc(C)cc1)c1ccccc1)N(Cc1ccccc1)Cc1ccccc1. The maximum atomic E-state index is 13.7. The van der Waals surface area contributed by atoms with Crippen molar-refractivity contribution in [1.82, 2.24) is 9.62 Å². The highest BCUT2D eigenvalue weighted by molar-refractivity contribution is 7.83. The Kier molecular flexibility index (Phi) is 9.98. The minimum Gasteiger partial charge on any atom is -0.465 e. The van der Waals surface area contributed by atoms with Crippen LogP contribution in [-0.2, 0) is 33.6 Å². The summed E-state index contributed by atoms with van der Waals surface area (Å²) in [4.78, 5) is 16.5. The average molecular weight is 527 g/mol. The standard InChI is InChI=1S/C32H34N2O3S/c1-3-37-32(35)31(34(23-26-13-7-4-8-14-26)24-27-15-9-5-10-16-27)30(28-17-11-6-12-18-28)33-38(36)29-21-19-25(2)20-22-29/h4-22,30-31,33H,3,23-24H2,1-2H3/t30-,31+,38?/m0/s1. The molecule has 0 saturated carbocycles. The lowest BCUT2D eigenvalue weighted by Gasteiger charge is -2.36. The minimum absolute atomic E-state index is 0.252. The Bertz CT molecular complexity index is 1260. The Labute approximate surface area is 228 Å². The van der Waals surface area contributed by atoms with Crippen molar-refractivity contribution in [2.45, 2.75) is 43.9 Å². The molecule has 196 valence electrons. The van der Waals surface area contributed by atoms with E-state index in [9.17, 15) is 9.00 Å². The number of esters is 1. The minimum atomic E-state index is -1.56. The van der Waals surface area contributed by atoms with Gasteiger partial charge in [0.05, 0.1) is 17.5 Å². The number of ether oxygens (including phenoxy) is 1. The number of hydrogen-bond acceptors (Lipinski definition) is 4. The van der Waals surface area contributed by atoms with Crippen LogP contribution in [0.1, 0.15) is 35.2 Å². The van der Waals surface area contributed by atoms with Gasteiger partial charge in [0.15, 0.2) is 0 Å². The molecule has 4 aromatic carbocycles. The number of hydrogen-bond donors (Lipinski definition) is 1. The van der Waals surface area contributed by atoms with Gasteiger partial charge in [0, 0.05) is 13.1 Å². The summed E-state index contributed by atoms with van der Waals surface area (Å²) in [5.41, 5.74) is 4.09. The molecular formula is C32H34N2O3S. The fraction of sp³-hybridized carbons (Fsp3) is 0.219. The number of nitrogens with zero attached hydrogens (tertiary/aromatic N) is 1. The molecule has 1 unspecified atom stereocenters. The Hall–Kier alpha value is -3.58. The van der Waals surface area contributed by atoms with E-state index in [-0.39, 0.29) is 12.6 Å². The third-order valence-electron chi connectivity index (χ3n) is 6.32. The van der Waals surface area contributed by atoms with E-state index < -0.39 is 23.1 Å². The fourth-order valence-electron chi connectivity index (χ4n) is 4.43. The molecule has 0 aliphatic carbocycles. The van der Waals surface area contributed by atoms with Crippen molar-refractivity contribution >= 4 is 17.0 Å². The third-order valence-corrected chi connectivity index (χ3v) is 7.49. The summed E-state index contributed by atoms with van der Waals surface area (Å²) in [5.74, 6) is -0.360. The zero-order valence-electron chi connectivity index (χ0n) is 21.8. The zero-order chi connectivity index (χ0) is 26.7. The molecule has 4 aromatic rings. The lowest BCUT2D eigenvalue weighted by Crippen LogP contribution is -2.50. The van der Waals surface area contributed by atoms with E-state index in [1.807, 2.05) is 105 Å². The van der Waals surface area contributed by atoms with Gasteiger partial charge in [-0.2, -0.15) is 0 Å². The van der Waals surface area contributed by atoms with Gasteiger partial charge in [-0.3, -0.25) is 9.69 Å². The zero-order valence-corrected chi connectivity index (χ0v) is 22.6. The maximum Gasteiger partial charge on any atom is 0.325 e. The number of carbonyl (C=O) groups excluding carboxylic acids is 1. The van der Waals surface area contributed by atoms with E-state index in [2.05, 4.69) is 33.9 Å². The predicted octanol–water partition coefficient (Wildman–Crippen LogP) is 5.98. The van der Waals surface area contributed by atoms with Crippen LogP contribution in [0.2, 0.25) is 0 Å². The molecule has 0 radical (unpaired) electrons. The van der Waals surface area contributed by atoms with Crippen LogP contribution in [0.3, 0.4) is 0 Å². The highest BCUT2D eigenvalue weighted by atomic mass is 32.2. The van der Waals surface area contributed by atoms with Crippen LogP contribution in [0.25, 0.3) is 0 Å². The first kappa shape index (κ1) is 27.5. The Balaban J connectivity index is 1.78. The van der Waals surface area contributed by atoms with E-state index in [0.29, 0.717) is 18.0 Å². The van der Waals surface area contributed by atoms with Crippen LogP contribution in [0.15, 0.2) is 120 Å². The number of aryl methyl sites for hydroxylation is 1. The van der Waals surface area contributed by atoms with E-state index in [0.717, 1.165) is 22.3 Å². The molecule has 0 bridgehead atoms. The molecular weight excluding hydrogens is 492 g/mol. The van der Waals surface area contributed by atoms with Crippen molar-refractivity contribution in [2.75, 3.05) is 6.61 Å². The Morgan fingerprint density at radius 2 is 1.29 bits per heavy atom. The van der Waals surface area contributed by atoms with Gasteiger partial charge < -0.3 is 4.74 Å². The second-order valence-corrected chi connectivity index (χ2v) is 10.4. The number of nitrogens with one attached hydrogen (secondary N) is 1. The molecule has 0 spiro atoms. The second kappa shape index (κ2) is 13.8. The topological polar surface area (TPSA) is 58.6 Å². The van der Waals surface area contributed by atoms with Crippen molar-refractivity contribution in [2.24, 2.45) is 0 Å². The molecule has 4 rings (SSSR count). The highest BCUT2D eigenvalue weighted by Gasteiger charge is 2.37. The monoisotopic (exact) mass is 526 g/mol. The van der Waals surface area contributed by atoms with Gasteiger partial charge in [-0.25, -0.2) is 8.93 Å². The first-order valence-electron chi connectivity index (χ1n) is 12.8. The molecule has 0 amide bonds. The fourth-order valence-corrected chi connectivity index (χ4v) is 5.45. The van der Waals surface area contributed by atoms with Gasteiger partial charge in [-0.05, 0) is 42.7 Å². The van der Waals surface area contributed by atoms with Crippen molar-refractivity contribution in [3.8, 4) is 0 Å². The van der Waals surface area contributed by atoms with Crippen LogP contribution in [0, 0.1) is 6.92 Å². The van der Waals surface area contributed by atoms with Gasteiger partial charge in [0.1, 0.15) is 17.0 Å². The van der Waals surface area contributed by atoms with E-state index in [4.69, 9.17) is 4.74 Å². The van der Waals surface area contributed by atoms with Crippen molar-refractivity contribution in [3.63, 3.8) is 0 Å². The third kappa shape index (κ3) is 7.48. The summed E-state index contributed by atoms with van der Waals surface area (Å²) in [6.07, 6.45) is 0. The molecule has 0 fully saturated rings. The van der Waals surface area contributed by atoms with Crippen LogP contribution in [-0.4, -0.2) is 27.7 Å². The maximum absolute atomic E-state index is 13.7. The van der Waals surface area contributed by atoms with Crippen molar-refractivity contribution in [1.29, 1.82) is 0 Å². The summed E-state index contributed by atoms with van der Waals surface area (Å²) in [6, 6.07) is 36.1. The molecule has 3 atom stereocenters. The smallest absolute Gasteiger partial charge is 0.325 e. The summed E-state index contributed by atoms with van der Waals surface area (Å²) in [7, 11) is -1.56. The molecule has 6 heteroatoms. The van der Waals surface area contributed by atoms with Crippen LogP contribution in [0.4, 0.5) is 0 Å². The molecule has 0 saturated heterocycles. The summed E-state index contributed by atoms with van der Waals surface area (Å²) in [6.45, 7) is 5.09. The van der Waals surface area contributed by atoms with Crippen LogP contribution < -0.4 is 4.72 Å². The van der Waals surface area contributed by atoms with E-state index in [1.54, 1.807) is 0 Å². The van der Waals surface area contributed by atoms with Gasteiger partial charge in [0.25, 0.3) is 0 Å². The second-order valence-electron chi connectivity index (χ2n) is 9.16. The normalized spacial score (nSPS) is 13.6. The van der Waals surface area contributed by atoms with Gasteiger partial charge in [-0.15, -0.1) is 0 Å². The largest absolute Gasteiger partial charge is 0.465 e. The quantitative estimate of drug-likeness (QED) is 0.231. The Morgan fingerprint density at radius 3 is 1.79 bits per heavy atom. The Morgan fingerprint density at radius 1 is 0.789 bits per heavy atom. The molecule has 1 N–H and O–H groups in total. The highest BCUT2D eigenvalue weighted by Crippen LogP contribution is 2.27. The first-order chi connectivity index (χ1) is 18.5. The van der Waals surface area contributed by atoms with Crippen molar-refractivity contribution < 1.29 is 13.7 Å². The number of carbonyl (C=O) groups is 1. The lowest BCUT2D eigenvalue weighted by atomic mass is 9.97. The van der Waals surface area contributed by atoms with E-state index in [1.165, 1.54) is 0 Å². The molecule has 0 aliphatic rings. The average Bonchev–Trinajstić information content (AvgIpc) is 2.94. The first-order valence-corrected chi connectivity index (χ1v) is 14.0.